The molecule has 0 aliphatic rings. The number of para-hydroxylation sites is 1. The minimum absolute atomic E-state index is 0.0614. The lowest BCUT2D eigenvalue weighted by atomic mass is 10.2. The maximum atomic E-state index is 13.1. The molecular weight excluding hydrogens is 213 g/mol. The van der Waals surface area contributed by atoms with Crippen molar-refractivity contribution >= 4 is 17.3 Å². The van der Waals surface area contributed by atoms with Crippen molar-refractivity contribution in [2.45, 2.75) is 0 Å². The molecule has 0 saturated carbocycles. The fourth-order valence-corrected chi connectivity index (χ4v) is 1.14. The SMILES string of the molecule is Nc1c(F)cccc1N(N)CC=CC(=O)O. The van der Waals surface area contributed by atoms with E-state index < -0.39 is 11.8 Å². The summed E-state index contributed by atoms with van der Waals surface area (Å²) in [6, 6.07) is 4.24. The van der Waals surface area contributed by atoms with Crippen LogP contribution in [-0.4, -0.2) is 17.6 Å². The molecule has 0 aliphatic heterocycles. The van der Waals surface area contributed by atoms with Gasteiger partial charge in [0.2, 0.25) is 0 Å². The molecule has 5 N–H and O–H groups in total. The number of anilines is 2. The van der Waals surface area contributed by atoms with Crippen LogP contribution in [0.3, 0.4) is 0 Å². The molecule has 0 unspecified atom stereocenters. The van der Waals surface area contributed by atoms with Crippen molar-refractivity contribution in [3.63, 3.8) is 0 Å². The van der Waals surface area contributed by atoms with Crippen LogP contribution in [0.1, 0.15) is 0 Å². The molecule has 16 heavy (non-hydrogen) atoms. The number of carbonyl (C=O) groups is 1. The minimum Gasteiger partial charge on any atom is -0.478 e. The average Bonchev–Trinajstić information content (AvgIpc) is 2.21. The van der Waals surface area contributed by atoms with Crippen LogP contribution in [0.5, 0.6) is 0 Å². The summed E-state index contributed by atoms with van der Waals surface area (Å²) in [6.07, 6.45) is 2.29. The topological polar surface area (TPSA) is 92.6 Å². The van der Waals surface area contributed by atoms with Gasteiger partial charge >= 0.3 is 5.97 Å². The van der Waals surface area contributed by atoms with Crippen molar-refractivity contribution in [1.82, 2.24) is 0 Å². The molecule has 5 nitrogen and oxygen atoms in total. The highest BCUT2D eigenvalue weighted by Gasteiger charge is 2.07. The number of nitrogens with two attached hydrogens (primary N) is 2. The van der Waals surface area contributed by atoms with Gasteiger partial charge in [-0.25, -0.2) is 15.0 Å². The van der Waals surface area contributed by atoms with E-state index in [4.69, 9.17) is 16.7 Å². The van der Waals surface area contributed by atoms with Crippen molar-refractivity contribution in [2.24, 2.45) is 5.84 Å². The smallest absolute Gasteiger partial charge is 0.328 e. The lowest BCUT2D eigenvalue weighted by Gasteiger charge is -2.18. The summed E-state index contributed by atoms with van der Waals surface area (Å²) in [5.41, 5.74) is 5.73. The number of hydrogen-bond acceptors (Lipinski definition) is 4. The van der Waals surface area contributed by atoms with Crippen molar-refractivity contribution < 1.29 is 14.3 Å². The van der Waals surface area contributed by atoms with Crippen LogP contribution in [0.4, 0.5) is 15.8 Å². The number of carboxylic acid groups (broad SMARTS) is 1. The molecule has 0 amide bonds. The Bertz CT molecular complexity index is 421. The number of nitrogen functional groups attached to an aromatic ring is 1. The number of hydrazine groups is 1. The molecule has 1 rings (SSSR count). The minimum atomic E-state index is -1.07. The van der Waals surface area contributed by atoms with Crippen molar-refractivity contribution in [3.05, 3.63) is 36.2 Å². The van der Waals surface area contributed by atoms with Gasteiger partial charge in [-0.3, -0.25) is 0 Å². The Morgan fingerprint density at radius 3 is 2.88 bits per heavy atom. The highest BCUT2D eigenvalue weighted by atomic mass is 19.1. The highest BCUT2D eigenvalue weighted by molar-refractivity contribution is 5.79. The first-order valence-electron chi connectivity index (χ1n) is 4.48. The third-order valence-corrected chi connectivity index (χ3v) is 1.90. The van der Waals surface area contributed by atoms with E-state index in [0.717, 1.165) is 11.1 Å². The van der Waals surface area contributed by atoms with Gasteiger partial charge < -0.3 is 15.8 Å². The Morgan fingerprint density at radius 2 is 2.25 bits per heavy atom. The van der Waals surface area contributed by atoms with E-state index in [1.165, 1.54) is 18.2 Å². The van der Waals surface area contributed by atoms with Gasteiger partial charge in [0.1, 0.15) is 5.82 Å². The number of halogens is 1. The summed E-state index contributed by atoms with van der Waals surface area (Å²) < 4.78 is 13.1. The third-order valence-electron chi connectivity index (χ3n) is 1.90. The van der Waals surface area contributed by atoms with Gasteiger partial charge in [-0.2, -0.15) is 0 Å². The zero-order chi connectivity index (χ0) is 12.1. The molecule has 86 valence electrons. The van der Waals surface area contributed by atoms with E-state index in [0.29, 0.717) is 5.69 Å². The zero-order valence-electron chi connectivity index (χ0n) is 8.43. The quantitative estimate of drug-likeness (QED) is 0.304. The molecule has 1 aromatic carbocycles. The Morgan fingerprint density at radius 1 is 1.56 bits per heavy atom. The predicted molar refractivity (Wildman–Crippen MR) is 59.1 cm³/mol. The van der Waals surface area contributed by atoms with Gasteiger partial charge in [-0.05, 0) is 12.1 Å². The predicted octanol–water partition coefficient (Wildman–Crippen LogP) is 0.729. The first kappa shape index (κ1) is 12.0. The first-order valence-corrected chi connectivity index (χ1v) is 4.48. The first-order chi connectivity index (χ1) is 7.52. The van der Waals surface area contributed by atoms with E-state index in [1.54, 1.807) is 6.07 Å². The van der Waals surface area contributed by atoms with Crippen LogP contribution in [0.2, 0.25) is 0 Å². The van der Waals surface area contributed by atoms with Crippen LogP contribution < -0.4 is 16.6 Å². The lowest BCUT2D eigenvalue weighted by molar-refractivity contribution is -0.131. The van der Waals surface area contributed by atoms with Gasteiger partial charge in [0.05, 0.1) is 17.9 Å². The van der Waals surface area contributed by atoms with Crippen LogP contribution in [-0.2, 0) is 4.79 Å². The molecule has 0 fully saturated rings. The van der Waals surface area contributed by atoms with E-state index >= 15 is 0 Å². The molecule has 6 heteroatoms. The van der Waals surface area contributed by atoms with E-state index in [9.17, 15) is 9.18 Å². The molecular formula is C10H12FN3O2. The Hall–Kier alpha value is -2.08. The second-order valence-electron chi connectivity index (χ2n) is 3.07. The largest absolute Gasteiger partial charge is 0.478 e. The Balaban J connectivity index is 2.77. The summed E-state index contributed by atoms with van der Waals surface area (Å²) in [4.78, 5) is 10.2. The summed E-state index contributed by atoms with van der Waals surface area (Å²) in [5, 5.41) is 9.53. The standard InChI is InChI=1S/C10H12FN3O2/c11-7-3-1-4-8(10(7)12)14(13)6-2-5-9(15)16/h1-5H,6,12-13H2,(H,15,16). The Kier molecular flexibility index (Phi) is 3.84. The highest BCUT2D eigenvalue weighted by Crippen LogP contribution is 2.23. The summed E-state index contributed by atoms with van der Waals surface area (Å²) in [7, 11) is 0. The zero-order valence-corrected chi connectivity index (χ0v) is 8.43. The molecule has 0 heterocycles. The average molecular weight is 225 g/mol. The van der Waals surface area contributed by atoms with Crippen molar-refractivity contribution in [2.75, 3.05) is 17.3 Å². The summed E-state index contributed by atoms with van der Waals surface area (Å²) >= 11 is 0. The molecule has 0 radical (unpaired) electrons. The van der Waals surface area contributed by atoms with Gasteiger partial charge in [0, 0.05) is 6.08 Å². The van der Waals surface area contributed by atoms with Crippen LogP contribution in [0, 0.1) is 5.82 Å². The number of carboxylic acids is 1. The van der Waals surface area contributed by atoms with Crippen LogP contribution >= 0.6 is 0 Å². The lowest BCUT2D eigenvalue weighted by Crippen LogP contribution is -2.31. The molecule has 0 bridgehead atoms. The normalized spacial score (nSPS) is 10.6. The van der Waals surface area contributed by atoms with Gasteiger partial charge in [0.15, 0.2) is 0 Å². The van der Waals surface area contributed by atoms with E-state index in [-0.39, 0.29) is 12.2 Å². The van der Waals surface area contributed by atoms with Crippen LogP contribution in [0.25, 0.3) is 0 Å². The van der Waals surface area contributed by atoms with E-state index in [1.807, 2.05) is 0 Å². The fourth-order valence-electron chi connectivity index (χ4n) is 1.14. The molecule has 0 aromatic heterocycles. The maximum Gasteiger partial charge on any atom is 0.328 e. The number of nitrogens with zero attached hydrogens (tertiary/aromatic N) is 1. The second kappa shape index (κ2) is 5.13. The Labute approximate surface area is 91.7 Å². The summed E-state index contributed by atoms with van der Waals surface area (Å²) in [5.74, 6) is 3.96. The number of benzene rings is 1. The third kappa shape index (κ3) is 2.96. The molecule has 0 spiro atoms. The molecule has 0 atom stereocenters. The number of rotatable bonds is 4. The molecule has 1 aromatic rings. The monoisotopic (exact) mass is 225 g/mol. The van der Waals surface area contributed by atoms with Gasteiger partial charge in [-0.15, -0.1) is 0 Å². The van der Waals surface area contributed by atoms with Crippen molar-refractivity contribution in [3.8, 4) is 0 Å². The van der Waals surface area contributed by atoms with Gasteiger partial charge in [0.25, 0.3) is 0 Å². The number of aliphatic carboxylic acids is 1. The fraction of sp³-hybridized carbons (Fsp3) is 0.100. The number of hydrogen-bond donors (Lipinski definition) is 3. The molecule has 0 aliphatic carbocycles. The van der Waals surface area contributed by atoms with E-state index in [2.05, 4.69) is 0 Å². The second-order valence-corrected chi connectivity index (χ2v) is 3.07. The van der Waals surface area contributed by atoms with Gasteiger partial charge in [-0.1, -0.05) is 12.1 Å². The van der Waals surface area contributed by atoms with Crippen LogP contribution in [0.15, 0.2) is 30.4 Å². The maximum absolute atomic E-state index is 13.1. The molecule has 0 saturated heterocycles. The summed E-state index contributed by atoms with van der Waals surface area (Å²) in [6.45, 7) is 0.125. The van der Waals surface area contributed by atoms with Crippen molar-refractivity contribution in [1.29, 1.82) is 0 Å².